The molecule has 2 heterocycles. The number of carbonyl (C=O) groups is 3. The second-order valence-corrected chi connectivity index (χ2v) is 5.81. The predicted octanol–water partition coefficient (Wildman–Crippen LogP) is 2.47. The summed E-state index contributed by atoms with van der Waals surface area (Å²) in [4.78, 5) is 35.8. The van der Waals surface area contributed by atoms with E-state index < -0.39 is 18.0 Å². The largest absolute Gasteiger partial charge is 0.463 e. The number of amides is 1. The molecular weight excluding hydrogens is 318 g/mol. The Labute approximate surface area is 136 Å². The minimum Gasteiger partial charge on any atom is -0.463 e. The van der Waals surface area contributed by atoms with Crippen LogP contribution in [0.4, 0.5) is 5.69 Å². The number of rotatable bonds is 4. The van der Waals surface area contributed by atoms with Crippen molar-refractivity contribution in [3.8, 4) is 0 Å². The van der Waals surface area contributed by atoms with Crippen molar-refractivity contribution in [1.29, 1.82) is 0 Å². The highest BCUT2D eigenvalue weighted by Gasteiger charge is 2.30. The third-order valence-electron chi connectivity index (χ3n) is 3.26. The van der Waals surface area contributed by atoms with Gasteiger partial charge >= 0.3 is 11.9 Å². The maximum atomic E-state index is 12.0. The lowest BCUT2D eigenvalue weighted by Gasteiger charge is -2.09. The second kappa shape index (κ2) is 6.62. The number of ether oxygens (including phenoxy) is 2. The highest BCUT2D eigenvalue weighted by Crippen LogP contribution is 2.17. The molecule has 23 heavy (non-hydrogen) atoms. The molecule has 6 nitrogen and oxygen atoms in total. The van der Waals surface area contributed by atoms with Gasteiger partial charge in [-0.05, 0) is 35.7 Å². The lowest BCUT2D eigenvalue weighted by atomic mass is 10.2. The number of benzene rings is 1. The van der Waals surface area contributed by atoms with Gasteiger partial charge in [-0.2, -0.15) is 0 Å². The van der Waals surface area contributed by atoms with Gasteiger partial charge in [-0.3, -0.25) is 4.79 Å². The van der Waals surface area contributed by atoms with Gasteiger partial charge in [0.05, 0.1) is 17.0 Å². The summed E-state index contributed by atoms with van der Waals surface area (Å²) in [7, 11) is 0. The Bertz CT molecular complexity index is 723. The van der Waals surface area contributed by atoms with Crippen LogP contribution in [-0.4, -0.2) is 30.6 Å². The maximum absolute atomic E-state index is 12.0. The van der Waals surface area contributed by atoms with Crippen LogP contribution in [0.15, 0.2) is 41.8 Å². The molecule has 1 saturated heterocycles. The van der Waals surface area contributed by atoms with E-state index in [-0.39, 0.29) is 12.5 Å². The summed E-state index contributed by atoms with van der Waals surface area (Å²) in [5.74, 6) is -1.31. The first-order chi connectivity index (χ1) is 11.1. The molecule has 0 aliphatic carbocycles. The van der Waals surface area contributed by atoms with Gasteiger partial charge in [-0.1, -0.05) is 6.07 Å². The van der Waals surface area contributed by atoms with Crippen LogP contribution in [0.25, 0.3) is 0 Å². The lowest BCUT2D eigenvalue weighted by Crippen LogP contribution is -2.22. The van der Waals surface area contributed by atoms with Crippen molar-refractivity contribution in [2.24, 2.45) is 0 Å². The number of hydrogen-bond donors (Lipinski definition) is 1. The summed E-state index contributed by atoms with van der Waals surface area (Å²) >= 11 is 1.35. The fraction of sp³-hybridized carbons (Fsp3) is 0.188. The Morgan fingerprint density at radius 2 is 2.00 bits per heavy atom. The van der Waals surface area contributed by atoms with E-state index in [1.54, 1.807) is 24.3 Å². The first kappa shape index (κ1) is 15.2. The smallest absolute Gasteiger partial charge is 0.347 e. The van der Waals surface area contributed by atoms with Crippen molar-refractivity contribution in [1.82, 2.24) is 0 Å². The molecule has 0 saturated carbocycles. The third-order valence-corrected chi connectivity index (χ3v) is 4.13. The summed E-state index contributed by atoms with van der Waals surface area (Å²) in [6.45, 7) is 0.268. The molecule has 1 fully saturated rings. The Morgan fingerprint density at radius 3 is 2.61 bits per heavy atom. The average molecular weight is 331 g/mol. The normalized spacial score (nSPS) is 16.7. The topological polar surface area (TPSA) is 81.7 Å². The summed E-state index contributed by atoms with van der Waals surface area (Å²) in [6.07, 6.45) is -0.458. The maximum Gasteiger partial charge on any atom is 0.347 e. The van der Waals surface area contributed by atoms with E-state index in [9.17, 15) is 14.4 Å². The van der Waals surface area contributed by atoms with E-state index in [0.717, 1.165) is 0 Å². The highest BCUT2D eigenvalue weighted by atomic mass is 32.1. The van der Waals surface area contributed by atoms with Crippen LogP contribution >= 0.6 is 11.3 Å². The molecule has 2 aromatic rings. The standard InChI is InChI=1S/C16H13NO5S/c18-14(13-2-1-9-23-13)17-11-5-3-10(4-6-11)15(19)22-12-7-8-21-16(12)20/h1-6,9,12H,7-8H2,(H,17,18)/t12-/m0/s1. The molecule has 0 bridgehead atoms. The van der Waals surface area contributed by atoms with E-state index in [0.29, 0.717) is 22.5 Å². The van der Waals surface area contributed by atoms with E-state index in [1.807, 2.05) is 5.38 Å². The zero-order valence-corrected chi connectivity index (χ0v) is 12.8. The molecule has 118 valence electrons. The van der Waals surface area contributed by atoms with Crippen LogP contribution in [0.2, 0.25) is 0 Å². The van der Waals surface area contributed by atoms with Gasteiger partial charge in [-0.15, -0.1) is 11.3 Å². The number of carbonyl (C=O) groups excluding carboxylic acids is 3. The molecule has 7 heteroatoms. The van der Waals surface area contributed by atoms with Crippen LogP contribution in [0.5, 0.6) is 0 Å². The minimum absolute atomic E-state index is 0.205. The molecule has 0 spiro atoms. The quantitative estimate of drug-likeness (QED) is 0.871. The number of esters is 2. The van der Waals surface area contributed by atoms with Crippen molar-refractivity contribution < 1.29 is 23.9 Å². The first-order valence-corrected chi connectivity index (χ1v) is 7.84. The molecule has 0 unspecified atom stereocenters. The van der Waals surface area contributed by atoms with Gasteiger partial charge < -0.3 is 14.8 Å². The second-order valence-electron chi connectivity index (χ2n) is 4.86. The molecule has 1 aliphatic rings. The van der Waals surface area contributed by atoms with Gasteiger partial charge in [0.25, 0.3) is 5.91 Å². The van der Waals surface area contributed by atoms with Crippen molar-refractivity contribution >= 4 is 34.9 Å². The molecule has 3 rings (SSSR count). The molecule has 1 atom stereocenters. The monoisotopic (exact) mass is 331 g/mol. The van der Waals surface area contributed by atoms with Crippen LogP contribution in [0, 0.1) is 0 Å². The number of cyclic esters (lactones) is 1. The van der Waals surface area contributed by atoms with Crippen LogP contribution in [0.3, 0.4) is 0 Å². The van der Waals surface area contributed by atoms with E-state index in [2.05, 4.69) is 5.32 Å². The number of nitrogens with one attached hydrogen (secondary N) is 1. The summed E-state index contributed by atoms with van der Waals surface area (Å²) in [5, 5.41) is 4.56. The van der Waals surface area contributed by atoms with Crippen molar-refractivity contribution in [2.75, 3.05) is 11.9 Å². The molecule has 1 amide bonds. The van der Waals surface area contributed by atoms with Gasteiger partial charge in [0, 0.05) is 12.1 Å². The Balaban J connectivity index is 1.61. The molecule has 0 radical (unpaired) electrons. The Morgan fingerprint density at radius 1 is 1.22 bits per heavy atom. The van der Waals surface area contributed by atoms with Crippen molar-refractivity contribution in [3.63, 3.8) is 0 Å². The fourth-order valence-corrected chi connectivity index (χ4v) is 2.69. The minimum atomic E-state index is -0.833. The molecular formula is C16H13NO5S. The van der Waals surface area contributed by atoms with Gasteiger partial charge in [-0.25, -0.2) is 9.59 Å². The summed E-state index contributed by atoms with van der Waals surface area (Å²) < 4.78 is 9.83. The fourth-order valence-electron chi connectivity index (χ4n) is 2.07. The predicted molar refractivity (Wildman–Crippen MR) is 83.5 cm³/mol. The molecule has 1 aromatic heterocycles. The van der Waals surface area contributed by atoms with Crippen LogP contribution in [-0.2, 0) is 14.3 Å². The van der Waals surface area contributed by atoms with Crippen LogP contribution < -0.4 is 5.32 Å². The van der Waals surface area contributed by atoms with E-state index in [1.165, 1.54) is 23.5 Å². The SMILES string of the molecule is O=C(O[C@H]1CCOC1=O)c1ccc(NC(=O)c2cccs2)cc1. The third kappa shape index (κ3) is 3.57. The average Bonchev–Trinajstić information content (AvgIpc) is 3.20. The van der Waals surface area contributed by atoms with Crippen molar-refractivity contribution in [3.05, 3.63) is 52.2 Å². The summed E-state index contributed by atoms with van der Waals surface area (Å²) in [6, 6.07) is 9.81. The molecule has 1 aromatic carbocycles. The Hall–Kier alpha value is -2.67. The molecule has 1 N–H and O–H groups in total. The Kier molecular flexibility index (Phi) is 4.38. The zero-order valence-electron chi connectivity index (χ0n) is 12.0. The van der Waals surface area contributed by atoms with Gasteiger partial charge in [0.15, 0.2) is 0 Å². The number of thiophene rings is 1. The first-order valence-electron chi connectivity index (χ1n) is 6.96. The number of anilines is 1. The van der Waals surface area contributed by atoms with Crippen molar-refractivity contribution in [2.45, 2.75) is 12.5 Å². The highest BCUT2D eigenvalue weighted by molar-refractivity contribution is 7.12. The molecule has 1 aliphatic heterocycles. The van der Waals surface area contributed by atoms with E-state index in [4.69, 9.17) is 9.47 Å². The van der Waals surface area contributed by atoms with E-state index >= 15 is 0 Å². The van der Waals surface area contributed by atoms with Gasteiger partial charge in [0.2, 0.25) is 6.10 Å². The van der Waals surface area contributed by atoms with Crippen LogP contribution in [0.1, 0.15) is 26.5 Å². The summed E-state index contributed by atoms with van der Waals surface area (Å²) in [5.41, 5.74) is 0.874. The zero-order chi connectivity index (χ0) is 16.2. The number of hydrogen-bond acceptors (Lipinski definition) is 6. The lowest BCUT2D eigenvalue weighted by molar-refractivity contribution is -0.145. The van der Waals surface area contributed by atoms with Gasteiger partial charge in [0.1, 0.15) is 0 Å².